The van der Waals surface area contributed by atoms with E-state index < -0.39 is 40.6 Å². The van der Waals surface area contributed by atoms with Crippen LogP contribution in [0.25, 0.3) is 5.69 Å². The number of nitrogens with zero attached hydrogens (tertiary/aromatic N) is 2. The second-order valence-electron chi connectivity index (χ2n) is 8.43. The van der Waals surface area contributed by atoms with E-state index in [0.29, 0.717) is 23.5 Å². The third kappa shape index (κ3) is 6.10. The molecule has 0 spiro atoms. The minimum absolute atomic E-state index is 0.0126. The Bertz CT molecular complexity index is 1160. The molecule has 5 nitrogen and oxygen atoms in total. The highest BCUT2D eigenvalue weighted by Gasteiger charge is 2.37. The summed E-state index contributed by atoms with van der Waals surface area (Å²) in [7, 11) is 0. The fourth-order valence-corrected chi connectivity index (χ4v) is 3.19. The summed E-state index contributed by atoms with van der Waals surface area (Å²) < 4.78 is 80.8. The average molecular weight is 549 g/mol. The van der Waals surface area contributed by atoms with E-state index in [1.54, 1.807) is 30.3 Å². The lowest BCUT2D eigenvalue weighted by molar-refractivity contribution is -0.143. The first-order chi connectivity index (χ1) is 15.5. The molecule has 182 valence electrons. The summed E-state index contributed by atoms with van der Waals surface area (Å²) in [6.45, 7) is 5.69. The van der Waals surface area contributed by atoms with E-state index in [1.165, 1.54) is 4.68 Å². The summed E-state index contributed by atoms with van der Waals surface area (Å²) in [5.74, 6) is 0.174. The molecule has 3 aromatic rings. The Morgan fingerprint density at radius 1 is 0.853 bits per heavy atom. The van der Waals surface area contributed by atoms with Gasteiger partial charge in [-0.15, -0.1) is 0 Å². The molecule has 0 aliphatic carbocycles. The van der Waals surface area contributed by atoms with Crippen LogP contribution in [0.3, 0.4) is 0 Å². The third-order valence-electron chi connectivity index (χ3n) is 4.64. The Morgan fingerprint density at radius 3 is 1.85 bits per heavy atom. The molecule has 0 atom stereocenters. The number of nitrogens with one attached hydrogen (secondary N) is 2. The number of benzene rings is 2. The van der Waals surface area contributed by atoms with E-state index in [9.17, 15) is 31.1 Å². The van der Waals surface area contributed by atoms with Gasteiger partial charge in [0.15, 0.2) is 0 Å². The number of carbonyl (C=O) groups excluding carboxylic acids is 1. The van der Waals surface area contributed by atoms with Crippen molar-refractivity contribution in [3.05, 3.63) is 69.8 Å². The summed E-state index contributed by atoms with van der Waals surface area (Å²) in [6.07, 6.45) is -10.1. The van der Waals surface area contributed by atoms with Gasteiger partial charge in [-0.05, 0) is 42.5 Å². The van der Waals surface area contributed by atoms with Gasteiger partial charge < -0.3 is 5.32 Å². The summed E-state index contributed by atoms with van der Waals surface area (Å²) in [4.78, 5) is 12.6. The standard InChI is InChI=1S/C22H19BrF6N4O/c1-20(2,3)17-11-18(33(32-17)16-6-4-14(23)5-7-16)31-19(34)30-15-9-12(21(24,25)26)8-13(10-15)22(27,28)29/h4-11H,1-3H3,(H2,30,31,34). The van der Waals surface area contributed by atoms with Crippen LogP contribution in [-0.2, 0) is 17.8 Å². The van der Waals surface area contributed by atoms with Crippen LogP contribution in [0, 0.1) is 0 Å². The molecule has 0 saturated carbocycles. The number of hydrogen-bond donors (Lipinski definition) is 2. The molecule has 0 bridgehead atoms. The van der Waals surface area contributed by atoms with Crippen molar-refractivity contribution in [1.82, 2.24) is 9.78 Å². The fourth-order valence-electron chi connectivity index (χ4n) is 2.92. The monoisotopic (exact) mass is 548 g/mol. The van der Waals surface area contributed by atoms with Crippen LogP contribution in [0.4, 0.5) is 42.6 Å². The van der Waals surface area contributed by atoms with Crippen molar-refractivity contribution in [2.45, 2.75) is 38.5 Å². The second-order valence-corrected chi connectivity index (χ2v) is 9.34. The lowest BCUT2D eigenvalue weighted by Crippen LogP contribution is -2.22. The van der Waals surface area contributed by atoms with Gasteiger partial charge >= 0.3 is 18.4 Å². The van der Waals surface area contributed by atoms with Crippen LogP contribution in [0.5, 0.6) is 0 Å². The van der Waals surface area contributed by atoms with Crippen molar-refractivity contribution < 1.29 is 31.1 Å². The molecule has 2 aromatic carbocycles. The number of urea groups is 1. The van der Waals surface area contributed by atoms with Gasteiger partial charge in [-0.25, -0.2) is 9.48 Å². The maximum absolute atomic E-state index is 13.1. The average Bonchev–Trinajstić information content (AvgIpc) is 3.11. The van der Waals surface area contributed by atoms with Crippen LogP contribution in [0.1, 0.15) is 37.6 Å². The zero-order valence-electron chi connectivity index (χ0n) is 18.1. The highest BCUT2D eigenvalue weighted by atomic mass is 79.9. The Morgan fingerprint density at radius 2 is 1.38 bits per heavy atom. The predicted molar refractivity (Wildman–Crippen MR) is 119 cm³/mol. The Hall–Kier alpha value is -3.02. The first-order valence-electron chi connectivity index (χ1n) is 9.78. The molecule has 1 aromatic heterocycles. The molecule has 0 aliphatic heterocycles. The first-order valence-corrected chi connectivity index (χ1v) is 10.6. The molecule has 0 unspecified atom stereocenters. The van der Waals surface area contributed by atoms with E-state index in [1.807, 2.05) is 20.8 Å². The number of alkyl halides is 6. The molecule has 2 amide bonds. The van der Waals surface area contributed by atoms with Gasteiger partial charge in [-0.1, -0.05) is 36.7 Å². The lowest BCUT2D eigenvalue weighted by Gasteiger charge is -2.15. The van der Waals surface area contributed by atoms with E-state index in [-0.39, 0.29) is 11.9 Å². The molecule has 12 heteroatoms. The van der Waals surface area contributed by atoms with E-state index >= 15 is 0 Å². The quantitative estimate of drug-likeness (QED) is 0.331. The van der Waals surface area contributed by atoms with Gasteiger partial charge in [0.25, 0.3) is 0 Å². The number of halogens is 7. The highest BCUT2D eigenvalue weighted by Crippen LogP contribution is 2.37. The van der Waals surface area contributed by atoms with Gasteiger partial charge in [-0.3, -0.25) is 5.32 Å². The Balaban J connectivity index is 1.94. The minimum atomic E-state index is -5.03. The van der Waals surface area contributed by atoms with Crippen molar-refractivity contribution >= 4 is 33.5 Å². The van der Waals surface area contributed by atoms with Crippen LogP contribution in [0.2, 0.25) is 0 Å². The van der Waals surface area contributed by atoms with Crippen molar-refractivity contribution in [1.29, 1.82) is 0 Å². The normalized spacial score (nSPS) is 12.5. The molecule has 0 saturated heterocycles. The maximum Gasteiger partial charge on any atom is 0.416 e. The highest BCUT2D eigenvalue weighted by molar-refractivity contribution is 9.10. The fraction of sp³-hybridized carbons (Fsp3) is 0.273. The molecule has 3 rings (SSSR count). The Kier molecular flexibility index (Phi) is 6.75. The number of carbonyl (C=O) groups is 1. The minimum Gasteiger partial charge on any atom is -0.308 e. The van der Waals surface area contributed by atoms with E-state index in [0.717, 1.165) is 4.47 Å². The number of aromatic nitrogens is 2. The van der Waals surface area contributed by atoms with Crippen molar-refractivity contribution in [2.75, 3.05) is 10.6 Å². The van der Waals surface area contributed by atoms with Crippen molar-refractivity contribution in [3.63, 3.8) is 0 Å². The van der Waals surface area contributed by atoms with Gasteiger partial charge in [0.2, 0.25) is 0 Å². The molecular weight excluding hydrogens is 530 g/mol. The van der Waals surface area contributed by atoms with Gasteiger partial charge in [0, 0.05) is 21.6 Å². The molecule has 0 aliphatic rings. The van der Waals surface area contributed by atoms with E-state index in [2.05, 4.69) is 31.7 Å². The summed E-state index contributed by atoms with van der Waals surface area (Å²) in [5.41, 5.74) is -2.96. The van der Waals surface area contributed by atoms with Crippen molar-refractivity contribution in [2.24, 2.45) is 0 Å². The van der Waals surface area contributed by atoms with Gasteiger partial charge in [-0.2, -0.15) is 31.4 Å². The molecule has 2 N–H and O–H groups in total. The smallest absolute Gasteiger partial charge is 0.308 e. The molecule has 34 heavy (non-hydrogen) atoms. The largest absolute Gasteiger partial charge is 0.416 e. The number of amides is 2. The molecule has 0 radical (unpaired) electrons. The lowest BCUT2D eigenvalue weighted by atomic mass is 9.92. The van der Waals surface area contributed by atoms with E-state index in [4.69, 9.17) is 0 Å². The number of anilines is 2. The molecule has 1 heterocycles. The number of hydrogen-bond acceptors (Lipinski definition) is 2. The van der Waals surface area contributed by atoms with Crippen LogP contribution >= 0.6 is 15.9 Å². The maximum atomic E-state index is 13.1. The first kappa shape index (κ1) is 25.6. The Labute approximate surface area is 199 Å². The van der Waals surface area contributed by atoms with Gasteiger partial charge in [0.1, 0.15) is 5.82 Å². The molecule has 0 fully saturated rings. The van der Waals surface area contributed by atoms with Crippen molar-refractivity contribution in [3.8, 4) is 5.69 Å². The zero-order valence-corrected chi connectivity index (χ0v) is 19.7. The van der Waals surface area contributed by atoms with Crippen LogP contribution < -0.4 is 10.6 Å². The summed E-state index contributed by atoms with van der Waals surface area (Å²) in [5, 5.41) is 9.01. The van der Waals surface area contributed by atoms with Crippen LogP contribution in [-0.4, -0.2) is 15.8 Å². The summed E-state index contributed by atoms with van der Waals surface area (Å²) >= 11 is 3.32. The summed E-state index contributed by atoms with van der Waals surface area (Å²) in [6, 6.07) is 8.33. The zero-order chi connectivity index (χ0) is 25.5. The molecular formula is C22H19BrF6N4O. The second kappa shape index (κ2) is 8.97. The third-order valence-corrected chi connectivity index (χ3v) is 5.16. The van der Waals surface area contributed by atoms with Crippen LogP contribution in [0.15, 0.2) is 53.0 Å². The SMILES string of the molecule is CC(C)(C)c1cc(NC(=O)Nc2cc(C(F)(F)F)cc(C(F)(F)F)c2)n(-c2ccc(Br)cc2)n1. The van der Waals surface area contributed by atoms with Gasteiger partial charge in [0.05, 0.1) is 22.5 Å². The predicted octanol–water partition coefficient (Wildman–Crippen LogP) is 7.61. The number of rotatable bonds is 3. The topological polar surface area (TPSA) is 59.0 Å².